The summed E-state index contributed by atoms with van der Waals surface area (Å²) in [6.07, 6.45) is 0.218. The third-order valence-electron chi connectivity index (χ3n) is 5.58. The molecule has 2 aliphatic rings. The highest BCUT2D eigenvalue weighted by Gasteiger charge is 2.39. The number of halogens is 3. The Morgan fingerprint density at radius 3 is 2.39 bits per heavy atom. The molecule has 0 unspecified atom stereocenters. The van der Waals surface area contributed by atoms with Gasteiger partial charge in [-0.05, 0) is 69.2 Å². The maximum Gasteiger partial charge on any atom is 0.416 e. The van der Waals surface area contributed by atoms with E-state index in [4.69, 9.17) is 0 Å². The molecule has 1 aromatic carbocycles. The van der Waals surface area contributed by atoms with Crippen LogP contribution in [-0.4, -0.2) is 32.1 Å². The van der Waals surface area contributed by atoms with Gasteiger partial charge >= 0.3 is 6.18 Å². The predicted octanol–water partition coefficient (Wildman–Crippen LogP) is 4.07. The number of phenols is 1. The Balaban J connectivity index is 1.69. The van der Waals surface area contributed by atoms with E-state index in [0.717, 1.165) is 48.9 Å². The quantitative estimate of drug-likeness (QED) is 0.733. The molecule has 1 heterocycles. The number of phenolic OH excluding ortho intramolecular Hbond substituents is 1. The number of anilines is 1. The summed E-state index contributed by atoms with van der Waals surface area (Å²) in [4.78, 5) is 0. The van der Waals surface area contributed by atoms with E-state index < -0.39 is 23.1 Å². The maximum atomic E-state index is 12.9. The third kappa shape index (κ3) is 3.53. The minimum Gasteiger partial charge on any atom is -0.507 e. The van der Waals surface area contributed by atoms with Gasteiger partial charge in [0.05, 0.1) is 11.2 Å². The van der Waals surface area contributed by atoms with Crippen LogP contribution in [0.4, 0.5) is 19.0 Å². The van der Waals surface area contributed by atoms with E-state index in [2.05, 4.69) is 15.5 Å². The average Bonchev–Trinajstić information content (AvgIpc) is 2.60. The van der Waals surface area contributed by atoms with Crippen molar-refractivity contribution in [3.8, 4) is 17.0 Å². The molecule has 1 fully saturated rings. The molecule has 0 aliphatic heterocycles. The van der Waals surface area contributed by atoms with Crippen molar-refractivity contribution in [2.24, 2.45) is 0 Å². The van der Waals surface area contributed by atoms with Crippen LogP contribution in [-0.2, 0) is 19.0 Å². The van der Waals surface area contributed by atoms with E-state index >= 15 is 0 Å². The van der Waals surface area contributed by atoms with Gasteiger partial charge in [-0.1, -0.05) is 0 Å². The molecule has 150 valence electrons. The molecule has 0 amide bonds. The van der Waals surface area contributed by atoms with Gasteiger partial charge < -0.3 is 15.5 Å². The van der Waals surface area contributed by atoms with Gasteiger partial charge in [-0.2, -0.15) is 13.2 Å². The van der Waals surface area contributed by atoms with Gasteiger partial charge in [-0.25, -0.2) is 0 Å². The highest BCUT2D eigenvalue weighted by atomic mass is 19.4. The zero-order valence-corrected chi connectivity index (χ0v) is 15.5. The van der Waals surface area contributed by atoms with Crippen LogP contribution in [0.2, 0.25) is 0 Å². The fourth-order valence-corrected chi connectivity index (χ4v) is 4.19. The molecule has 0 bridgehead atoms. The van der Waals surface area contributed by atoms with Gasteiger partial charge in [0.2, 0.25) is 0 Å². The number of rotatable bonds is 3. The minimum absolute atomic E-state index is 0.126. The Morgan fingerprint density at radius 2 is 1.79 bits per heavy atom. The van der Waals surface area contributed by atoms with E-state index in [-0.39, 0.29) is 11.6 Å². The summed E-state index contributed by atoms with van der Waals surface area (Å²) >= 11 is 0. The molecule has 1 saturated carbocycles. The van der Waals surface area contributed by atoms with E-state index in [1.54, 1.807) is 6.92 Å². The van der Waals surface area contributed by atoms with E-state index in [0.29, 0.717) is 24.4 Å². The van der Waals surface area contributed by atoms with Crippen LogP contribution in [0.5, 0.6) is 5.75 Å². The lowest BCUT2D eigenvalue weighted by Crippen LogP contribution is -2.48. The SMILES string of the molecule is CC1(O)CC(Nc2nnc(-c3ccc(C(F)(F)F)cc3O)c3c2CCCC3)C1. The van der Waals surface area contributed by atoms with Crippen molar-refractivity contribution < 1.29 is 23.4 Å². The first-order valence-corrected chi connectivity index (χ1v) is 9.42. The van der Waals surface area contributed by atoms with Crippen LogP contribution in [0.15, 0.2) is 18.2 Å². The standard InChI is InChI=1S/C20H22F3N3O2/c1-19(28)9-12(10-19)24-18-14-5-3-2-4-13(14)17(25-26-18)15-7-6-11(8-16(15)27)20(21,22)23/h6-8,12,27-28H,2-5,9-10H2,1H3,(H,24,26). The first-order valence-electron chi connectivity index (χ1n) is 9.42. The lowest BCUT2D eigenvalue weighted by atomic mass is 9.77. The number of aliphatic hydroxyl groups is 1. The van der Waals surface area contributed by atoms with Crippen molar-refractivity contribution in [2.75, 3.05) is 5.32 Å². The van der Waals surface area contributed by atoms with E-state index in [1.165, 1.54) is 6.07 Å². The second-order valence-electron chi connectivity index (χ2n) is 8.04. The van der Waals surface area contributed by atoms with Crippen LogP contribution in [0, 0.1) is 0 Å². The molecular formula is C20H22F3N3O2. The first kappa shape index (κ1) is 19.0. The largest absolute Gasteiger partial charge is 0.507 e. The molecule has 0 saturated heterocycles. The highest BCUT2D eigenvalue weighted by molar-refractivity contribution is 5.73. The number of hydrogen-bond donors (Lipinski definition) is 3. The summed E-state index contributed by atoms with van der Waals surface area (Å²) in [6, 6.07) is 3.07. The monoisotopic (exact) mass is 393 g/mol. The Kier molecular flexibility index (Phi) is 4.49. The normalized spacial score (nSPS) is 24.4. The molecule has 3 N–H and O–H groups in total. The molecule has 8 heteroatoms. The van der Waals surface area contributed by atoms with Crippen molar-refractivity contribution in [1.29, 1.82) is 0 Å². The van der Waals surface area contributed by atoms with Crippen LogP contribution >= 0.6 is 0 Å². The molecule has 1 aromatic heterocycles. The van der Waals surface area contributed by atoms with E-state index in [1.807, 2.05) is 0 Å². The fraction of sp³-hybridized carbons (Fsp3) is 0.500. The number of hydrogen-bond acceptors (Lipinski definition) is 5. The molecule has 2 aliphatic carbocycles. The van der Waals surface area contributed by atoms with Crippen molar-refractivity contribution in [1.82, 2.24) is 10.2 Å². The topological polar surface area (TPSA) is 78.3 Å². The molecule has 0 radical (unpaired) electrons. The molecular weight excluding hydrogens is 371 g/mol. The van der Waals surface area contributed by atoms with Crippen molar-refractivity contribution in [2.45, 2.75) is 63.3 Å². The summed E-state index contributed by atoms with van der Waals surface area (Å²) < 4.78 is 38.6. The third-order valence-corrected chi connectivity index (χ3v) is 5.58. The average molecular weight is 393 g/mol. The Bertz CT molecular complexity index is 904. The number of nitrogens with one attached hydrogen (secondary N) is 1. The van der Waals surface area contributed by atoms with Gasteiger partial charge in [0.25, 0.3) is 0 Å². The van der Waals surface area contributed by atoms with Gasteiger partial charge in [0.1, 0.15) is 11.4 Å². The zero-order valence-electron chi connectivity index (χ0n) is 15.5. The van der Waals surface area contributed by atoms with Crippen molar-refractivity contribution >= 4 is 5.82 Å². The minimum atomic E-state index is -4.52. The van der Waals surface area contributed by atoms with Crippen LogP contribution < -0.4 is 5.32 Å². The number of benzene rings is 1. The van der Waals surface area contributed by atoms with Gasteiger partial charge in [-0.15, -0.1) is 10.2 Å². The summed E-state index contributed by atoms with van der Waals surface area (Å²) in [5.41, 5.74) is 1.07. The molecule has 0 atom stereocenters. The number of alkyl halides is 3. The molecule has 5 nitrogen and oxygen atoms in total. The maximum absolute atomic E-state index is 12.9. The number of fused-ring (bicyclic) bond motifs is 1. The molecule has 28 heavy (non-hydrogen) atoms. The lowest BCUT2D eigenvalue weighted by molar-refractivity contribution is -0.137. The second-order valence-corrected chi connectivity index (χ2v) is 8.04. The molecule has 2 aromatic rings. The Labute approximate surface area is 160 Å². The summed E-state index contributed by atoms with van der Waals surface area (Å²) in [5.74, 6) is 0.220. The number of aromatic nitrogens is 2. The van der Waals surface area contributed by atoms with Crippen molar-refractivity contribution in [3.05, 3.63) is 34.9 Å². The summed E-state index contributed by atoms with van der Waals surface area (Å²) in [7, 11) is 0. The summed E-state index contributed by atoms with van der Waals surface area (Å²) in [5, 5.41) is 32.0. The van der Waals surface area contributed by atoms with Gasteiger partial charge in [0, 0.05) is 17.2 Å². The number of nitrogens with zero attached hydrogens (tertiary/aromatic N) is 2. The van der Waals surface area contributed by atoms with Gasteiger partial charge in [0.15, 0.2) is 5.82 Å². The van der Waals surface area contributed by atoms with Crippen LogP contribution in [0.25, 0.3) is 11.3 Å². The first-order chi connectivity index (χ1) is 13.1. The highest BCUT2D eigenvalue weighted by Crippen LogP contribution is 2.40. The smallest absolute Gasteiger partial charge is 0.416 e. The van der Waals surface area contributed by atoms with Crippen LogP contribution in [0.1, 0.15) is 49.3 Å². The fourth-order valence-electron chi connectivity index (χ4n) is 4.19. The molecule has 0 spiro atoms. The van der Waals surface area contributed by atoms with Gasteiger partial charge in [-0.3, -0.25) is 0 Å². The predicted molar refractivity (Wildman–Crippen MR) is 98.0 cm³/mol. The Morgan fingerprint density at radius 1 is 1.11 bits per heavy atom. The number of aromatic hydroxyl groups is 1. The van der Waals surface area contributed by atoms with E-state index in [9.17, 15) is 23.4 Å². The Hall–Kier alpha value is -2.35. The van der Waals surface area contributed by atoms with Crippen molar-refractivity contribution in [3.63, 3.8) is 0 Å². The second kappa shape index (κ2) is 6.62. The lowest BCUT2D eigenvalue weighted by Gasteiger charge is -2.41. The zero-order chi connectivity index (χ0) is 20.1. The molecule has 4 rings (SSSR count). The van der Waals surface area contributed by atoms with Crippen LogP contribution in [0.3, 0.4) is 0 Å². The summed E-state index contributed by atoms with van der Waals surface area (Å²) in [6.45, 7) is 1.79.